The Balaban J connectivity index is 2.21. The van der Waals surface area contributed by atoms with Gasteiger partial charge in [0, 0.05) is 16.0 Å². The molecule has 1 fully saturated rings. The van der Waals surface area contributed by atoms with Crippen LogP contribution in [-0.2, 0) is 23.9 Å². The van der Waals surface area contributed by atoms with Gasteiger partial charge in [0.25, 0.3) is 0 Å². The maximum atomic E-state index is 13.0. The van der Waals surface area contributed by atoms with Gasteiger partial charge in [-0.15, -0.1) is 0 Å². The second-order valence-corrected chi connectivity index (χ2v) is 7.93. The fraction of sp³-hybridized carbons (Fsp3) is 0.550. The van der Waals surface area contributed by atoms with Gasteiger partial charge in [0.15, 0.2) is 5.92 Å². The van der Waals surface area contributed by atoms with Crippen LogP contribution in [0.2, 0.25) is 0 Å². The minimum absolute atomic E-state index is 0.145. The average Bonchev–Trinajstić information content (AvgIpc) is 2.67. The summed E-state index contributed by atoms with van der Waals surface area (Å²) in [5.74, 6) is -3.22. The van der Waals surface area contributed by atoms with Gasteiger partial charge in [0.2, 0.25) is 0 Å². The third-order valence-corrected chi connectivity index (χ3v) is 6.07. The summed E-state index contributed by atoms with van der Waals surface area (Å²) in [6.45, 7) is 1.83. The van der Waals surface area contributed by atoms with E-state index in [4.69, 9.17) is 14.2 Å². The highest BCUT2D eigenvalue weighted by Gasteiger charge is 2.58. The van der Waals surface area contributed by atoms with Crippen LogP contribution in [-0.4, -0.2) is 31.6 Å². The number of fused-ring (bicyclic) bond motifs is 1. The molecule has 146 valence electrons. The van der Waals surface area contributed by atoms with Crippen molar-refractivity contribution in [2.45, 2.75) is 44.9 Å². The highest BCUT2D eigenvalue weighted by atomic mass is 79.9. The minimum atomic E-state index is -1.19. The van der Waals surface area contributed by atoms with E-state index in [2.05, 4.69) is 15.9 Å². The van der Waals surface area contributed by atoms with Crippen molar-refractivity contribution in [3.05, 3.63) is 28.2 Å². The van der Waals surface area contributed by atoms with E-state index in [-0.39, 0.29) is 12.6 Å². The normalized spacial score (nSPS) is 23.7. The Morgan fingerprint density at radius 3 is 2.59 bits per heavy atom. The second-order valence-electron chi connectivity index (χ2n) is 7.02. The van der Waals surface area contributed by atoms with Crippen molar-refractivity contribution >= 4 is 33.8 Å². The van der Waals surface area contributed by atoms with Gasteiger partial charge in [-0.3, -0.25) is 14.4 Å². The summed E-state index contributed by atoms with van der Waals surface area (Å²) >= 11 is 3.44. The Labute approximate surface area is 166 Å². The van der Waals surface area contributed by atoms with Crippen molar-refractivity contribution in [2.24, 2.45) is 11.3 Å². The standard InChI is InChI=1S/C20H23BrO6/c1-3-26-17(22)15-16(20(19(24)25-2)9-5-4-6-10-20)13-11-12(21)7-8-14(13)27-18(15)23/h7-8,11,15-16H,3-6,9-10H2,1-2H3/t15-,16+/m0/s1. The summed E-state index contributed by atoms with van der Waals surface area (Å²) in [4.78, 5) is 38.5. The van der Waals surface area contributed by atoms with Gasteiger partial charge in [0.1, 0.15) is 5.75 Å². The number of methoxy groups -OCH3 is 1. The molecule has 27 heavy (non-hydrogen) atoms. The number of benzene rings is 1. The summed E-state index contributed by atoms with van der Waals surface area (Å²) in [7, 11) is 1.35. The van der Waals surface area contributed by atoms with Crippen molar-refractivity contribution in [3.63, 3.8) is 0 Å². The molecule has 7 heteroatoms. The molecule has 3 rings (SSSR count). The van der Waals surface area contributed by atoms with E-state index in [1.54, 1.807) is 19.1 Å². The first-order chi connectivity index (χ1) is 12.9. The molecule has 0 aromatic heterocycles. The van der Waals surface area contributed by atoms with Crippen molar-refractivity contribution in [2.75, 3.05) is 13.7 Å². The SMILES string of the molecule is CCOC(=O)[C@H]1C(=O)Oc2ccc(Br)cc2[C@H]1C1(C(=O)OC)CCCCC1. The smallest absolute Gasteiger partial charge is 0.326 e. The molecule has 0 amide bonds. The Morgan fingerprint density at radius 1 is 1.26 bits per heavy atom. The lowest BCUT2D eigenvalue weighted by molar-refractivity contribution is -0.168. The van der Waals surface area contributed by atoms with Crippen LogP contribution in [0.15, 0.2) is 22.7 Å². The van der Waals surface area contributed by atoms with Crippen LogP contribution in [0.25, 0.3) is 0 Å². The van der Waals surface area contributed by atoms with Crippen LogP contribution in [0.4, 0.5) is 0 Å². The highest BCUT2D eigenvalue weighted by molar-refractivity contribution is 9.10. The van der Waals surface area contributed by atoms with Gasteiger partial charge in [-0.25, -0.2) is 0 Å². The van der Waals surface area contributed by atoms with E-state index >= 15 is 0 Å². The zero-order chi connectivity index (χ0) is 19.6. The number of esters is 3. The number of carbonyl (C=O) groups excluding carboxylic acids is 3. The number of hydrogen-bond acceptors (Lipinski definition) is 6. The highest BCUT2D eigenvalue weighted by Crippen LogP contribution is 2.55. The van der Waals surface area contributed by atoms with Crippen molar-refractivity contribution in [1.82, 2.24) is 0 Å². The van der Waals surface area contributed by atoms with E-state index < -0.39 is 29.2 Å². The fourth-order valence-electron chi connectivity index (χ4n) is 4.45. The molecule has 0 bridgehead atoms. The van der Waals surface area contributed by atoms with Gasteiger partial charge in [-0.1, -0.05) is 35.2 Å². The third-order valence-electron chi connectivity index (χ3n) is 5.58. The lowest BCUT2D eigenvalue weighted by Crippen LogP contribution is -2.50. The average molecular weight is 439 g/mol. The molecule has 1 saturated carbocycles. The monoisotopic (exact) mass is 438 g/mol. The molecular weight excluding hydrogens is 416 g/mol. The van der Waals surface area contributed by atoms with E-state index in [0.29, 0.717) is 24.2 Å². The second kappa shape index (κ2) is 8.00. The summed E-state index contributed by atoms with van der Waals surface area (Å²) in [5, 5.41) is 0. The van der Waals surface area contributed by atoms with Gasteiger partial charge in [-0.05, 0) is 38.0 Å². The molecule has 1 aliphatic heterocycles. The van der Waals surface area contributed by atoms with Gasteiger partial charge >= 0.3 is 17.9 Å². The zero-order valence-electron chi connectivity index (χ0n) is 15.5. The molecule has 0 radical (unpaired) electrons. The molecule has 1 aliphatic carbocycles. The molecule has 6 nitrogen and oxygen atoms in total. The predicted octanol–water partition coefficient (Wildman–Crippen LogP) is 3.75. The molecule has 1 aromatic carbocycles. The molecule has 0 unspecified atom stereocenters. The van der Waals surface area contributed by atoms with E-state index in [1.165, 1.54) is 7.11 Å². The van der Waals surface area contributed by atoms with Gasteiger partial charge in [0.05, 0.1) is 19.1 Å². The van der Waals surface area contributed by atoms with Gasteiger partial charge in [-0.2, -0.15) is 0 Å². The maximum absolute atomic E-state index is 13.0. The van der Waals surface area contributed by atoms with Crippen LogP contribution >= 0.6 is 15.9 Å². The van der Waals surface area contributed by atoms with Crippen molar-refractivity contribution < 1.29 is 28.6 Å². The van der Waals surface area contributed by atoms with Crippen LogP contribution in [0, 0.1) is 11.3 Å². The third kappa shape index (κ3) is 3.49. The number of ether oxygens (including phenoxy) is 3. The Hall–Kier alpha value is -1.89. The first-order valence-corrected chi connectivity index (χ1v) is 10.00. The largest absolute Gasteiger partial charge is 0.469 e. The minimum Gasteiger partial charge on any atom is -0.469 e. The number of rotatable bonds is 4. The molecule has 0 spiro atoms. The van der Waals surface area contributed by atoms with Crippen LogP contribution in [0.3, 0.4) is 0 Å². The molecule has 0 N–H and O–H groups in total. The van der Waals surface area contributed by atoms with E-state index in [9.17, 15) is 14.4 Å². The van der Waals surface area contributed by atoms with Crippen molar-refractivity contribution in [1.29, 1.82) is 0 Å². The first-order valence-electron chi connectivity index (χ1n) is 9.21. The summed E-state index contributed by atoms with van der Waals surface area (Å²) in [5.41, 5.74) is -0.298. The van der Waals surface area contributed by atoms with Crippen LogP contribution in [0.1, 0.15) is 50.5 Å². The molecule has 2 atom stereocenters. The Bertz CT molecular complexity index is 753. The molecule has 1 aromatic rings. The van der Waals surface area contributed by atoms with Gasteiger partial charge < -0.3 is 14.2 Å². The van der Waals surface area contributed by atoms with Crippen LogP contribution in [0.5, 0.6) is 5.75 Å². The van der Waals surface area contributed by atoms with Crippen molar-refractivity contribution in [3.8, 4) is 5.75 Å². The summed E-state index contributed by atoms with van der Waals surface area (Å²) < 4.78 is 16.5. The Morgan fingerprint density at radius 2 is 1.96 bits per heavy atom. The van der Waals surface area contributed by atoms with E-state index in [0.717, 1.165) is 23.7 Å². The number of hydrogen-bond donors (Lipinski definition) is 0. The maximum Gasteiger partial charge on any atom is 0.326 e. The first kappa shape index (κ1) is 19.9. The lowest BCUT2D eigenvalue weighted by atomic mass is 9.59. The molecule has 0 saturated heterocycles. The quantitative estimate of drug-likeness (QED) is 0.404. The lowest BCUT2D eigenvalue weighted by Gasteiger charge is -2.45. The fourth-order valence-corrected chi connectivity index (χ4v) is 4.83. The molecule has 2 aliphatic rings. The van der Waals surface area contributed by atoms with Crippen LogP contribution < -0.4 is 4.74 Å². The molecular formula is C20H23BrO6. The topological polar surface area (TPSA) is 78.9 Å². The summed E-state index contributed by atoms with van der Waals surface area (Å²) in [6.07, 6.45) is 3.78. The number of halogens is 1. The predicted molar refractivity (Wildman–Crippen MR) is 100 cm³/mol. The zero-order valence-corrected chi connectivity index (χ0v) is 17.0. The van der Waals surface area contributed by atoms with E-state index in [1.807, 2.05) is 6.07 Å². The number of carbonyl (C=O) groups is 3. The Kier molecular flexibility index (Phi) is 5.89. The summed E-state index contributed by atoms with van der Waals surface area (Å²) in [6, 6.07) is 5.26. The molecule has 1 heterocycles.